The van der Waals surface area contributed by atoms with Gasteiger partial charge in [-0.1, -0.05) is 23.2 Å². The van der Waals surface area contributed by atoms with Gasteiger partial charge in [0.2, 0.25) is 0 Å². The zero-order chi connectivity index (χ0) is 12.0. The van der Waals surface area contributed by atoms with Gasteiger partial charge in [0.15, 0.2) is 0 Å². The third kappa shape index (κ3) is 2.02. The van der Waals surface area contributed by atoms with Crippen molar-refractivity contribution in [3.05, 3.63) is 0 Å². The summed E-state index contributed by atoms with van der Waals surface area (Å²) in [5.74, 6) is 0. The SMILES string of the molecule is OC(Cl)(C(F)(F)F)C(O)(Cl)C(F)(F)F. The van der Waals surface area contributed by atoms with Crippen molar-refractivity contribution in [2.45, 2.75) is 22.5 Å². The van der Waals surface area contributed by atoms with Crippen LogP contribution in [0.25, 0.3) is 0 Å². The van der Waals surface area contributed by atoms with Gasteiger partial charge in [-0.3, -0.25) is 0 Å². The van der Waals surface area contributed by atoms with Crippen LogP contribution in [0.2, 0.25) is 0 Å². The second-order valence-electron chi connectivity index (χ2n) is 2.24. The molecule has 0 heterocycles. The summed E-state index contributed by atoms with van der Waals surface area (Å²) in [6.45, 7) is 0. The Morgan fingerprint density at radius 3 is 0.857 bits per heavy atom. The maximum atomic E-state index is 11.7. The molecule has 0 radical (unpaired) electrons. The maximum absolute atomic E-state index is 11.7. The number of hydrogen-bond donors (Lipinski definition) is 2. The molecule has 86 valence electrons. The number of aliphatic hydroxyl groups is 2. The van der Waals surface area contributed by atoms with Gasteiger partial charge in [-0.15, -0.1) is 0 Å². The molecule has 2 unspecified atom stereocenters. The van der Waals surface area contributed by atoms with Crippen LogP contribution < -0.4 is 0 Å². The summed E-state index contributed by atoms with van der Waals surface area (Å²) in [6.07, 6.45) is -11.9. The second kappa shape index (κ2) is 3.29. The van der Waals surface area contributed by atoms with E-state index in [2.05, 4.69) is 23.2 Å². The minimum absolute atomic E-state index is 4.12. The molecule has 2 atom stereocenters. The Kier molecular flexibility index (Phi) is 3.31. The van der Waals surface area contributed by atoms with Gasteiger partial charge < -0.3 is 10.2 Å². The molecule has 0 aromatic rings. The number of rotatable bonds is 1. The molecule has 0 rings (SSSR count). The van der Waals surface area contributed by atoms with E-state index in [4.69, 9.17) is 10.2 Å². The van der Waals surface area contributed by atoms with E-state index < -0.39 is 22.5 Å². The molecule has 0 aliphatic heterocycles. The van der Waals surface area contributed by atoms with Crippen molar-refractivity contribution < 1.29 is 36.6 Å². The molecule has 10 heteroatoms. The molecule has 0 saturated carbocycles. The standard InChI is InChI=1S/C4H2Cl2F6O2/c5-1(13,3(7,8)9)2(6,14)4(10,11)12/h13-14H. The smallest absolute Gasteiger partial charge is 0.364 e. The molecule has 0 fully saturated rings. The van der Waals surface area contributed by atoms with E-state index in [0.717, 1.165) is 0 Å². The molecule has 0 saturated heterocycles. The highest BCUT2D eigenvalue weighted by molar-refractivity contribution is 6.33. The highest BCUT2D eigenvalue weighted by Crippen LogP contribution is 2.51. The van der Waals surface area contributed by atoms with Crippen LogP contribution in [0.1, 0.15) is 0 Å². The fourth-order valence-electron chi connectivity index (χ4n) is 0.376. The Bertz CT molecular complexity index is 195. The van der Waals surface area contributed by atoms with Gasteiger partial charge >= 0.3 is 12.4 Å². The average molecular weight is 267 g/mol. The summed E-state index contributed by atoms with van der Waals surface area (Å²) >= 11 is 8.23. The zero-order valence-corrected chi connectivity index (χ0v) is 7.43. The van der Waals surface area contributed by atoms with Crippen molar-refractivity contribution in [3.63, 3.8) is 0 Å². The minimum atomic E-state index is -5.94. The van der Waals surface area contributed by atoms with Crippen molar-refractivity contribution in [2.75, 3.05) is 0 Å². The minimum Gasteiger partial charge on any atom is -0.364 e. The third-order valence-corrected chi connectivity index (χ3v) is 2.26. The van der Waals surface area contributed by atoms with Crippen LogP contribution in [-0.2, 0) is 0 Å². The Morgan fingerprint density at radius 1 is 0.643 bits per heavy atom. The quantitative estimate of drug-likeness (QED) is 0.563. The van der Waals surface area contributed by atoms with Gasteiger partial charge in [0.25, 0.3) is 10.1 Å². The Balaban J connectivity index is 5.30. The summed E-state index contributed by atoms with van der Waals surface area (Å²) < 4.78 is 70.4. The van der Waals surface area contributed by atoms with Crippen LogP contribution in [-0.4, -0.2) is 32.7 Å². The molecule has 0 aliphatic rings. The third-order valence-electron chi connectivity index (χ3n) is 1.19. The van der Waals surface area contributed by atoms with Crippen LogP contribution in [0.5, 0.6) is 0 Å². The first-order chi connectivity index (χ1) is 5.75. The van der Waals surface area contributed by atoms with Crippen LogP contribution in [0, 0.1) is 0 Å². The lowest BCUT2D eigenvalue weighted by molar-refractivity contribution is -0.327. The highest BCUT2D eigenvalue weighted by atomic mass is 35.5. The molecule has 0 spiro atoms. The average Bonchev–Trinajstić information content (AvgIpc) is 1.81. The second-order valence-corrected chi connectivity index (χ2v) is 3.33. The number of halogens is 8. The zero-order valence-electron chi connectivity index (χ0n) is 5.92. The van der Waals surface area contributed by atoms with E-state index in [1.807, 2.05) is 0 Å². The predicted molar refractivity (Wildman–Crippen MR) is 33.7 cm³/mol. The van der Waals surface area contributed by atoms with Crippen molar-refractivity contribution >= 4 is 23.2 Å². The van der Waals surface area contributed by atoms with Gasteiger partial charge in [-0.25, -0.2) is 0 Å². The van der Waals surface area contributed by atoms with Crippen molar-refractivity contribution in [1.82, 2.24) is 0 Å². The molecular formula is C4H2Cl2F6O2. The molecule has 2 N–H and O–H groups in total. The van der Waals surface area contributed by atoms with E-state index in [9.17, 15) is 26.3 Å². The van der Waals surface area contributed by atoms with E-state index in [0.29, 0.717) is 0 Å². The first kappa shape index (κ1) is 14.1. The first-order valence-electron chi connectivity index (χ1n) is 2.71. The maximum Gasteiger partial charge on any atom is 0.436 e. The molecule has 0 aliphatic carbocycles. The topological polar surface area (TPSA) is 40.5 Å². The van der Waals surface area contributed by atoms with E-state index in [1.54, 1.807) is 0 Å². The Labute approximate surface area is 83.0 Å². The normalized spacial score (nSPS) is 22.7. The number of hydrogen-bond acceptors (Lipinski definition) is 2. The fourth-order valence-corrected chi connectivity index (χ4v) is 0.590. The summed E-state index contributed by atoms with van der Waals surface area (Å²) in [7, 11) is 0. The highest BCUT2D eigenvalue weighted by Gasteiger charge is 2.75. The van der Waals surface area contributed by atoms with Gasteiger partial charge in [0, 0.05) is 0 Å². The van der Waals surface area contributed by atoms with Crippen LogP contribution >= 0.6 is 23.2 Å². The lowest BCUT2D eigenvalue weighted by Crippen LogP contribution is -2.63. The van der Waals surface area contributed by atoms with Crippen molar-refractivity contribution in [2.24, 2.45) is 0 Å². The largest absolute Gasteiger partial charge is 0.436 e. The molecule has 0 aromatic carbocycles. The Hall–Kier alpha value is 0.0800. The van der Waals surface area contributed by atoms with E-state index >= 15 is 0 Å². The van der Waals surface area contributed by atoms with Crippen LogP contribution in [0.3, 0.4) is 0 Å². The van der Waals surface area contributed by atoms with Crippen LogP contribution in [0.15, 0.2) is 0 Å². The van der Waals surface area contributed by atoms with E-state index in [1.165, 1.54) is 0 Å². The first-order valence-corrected chi connectivity index (χ1v) is 3.47. The molecule has 2 nitrogen and oxygen atoms in total. The number of alkyl halides is 8. The summed E-state index contributed by atoms with van der Waals surface area (Å²) in [4.78, 5) is 0. The molecule has 0 amide bonds. The Morgan fingerprint density at radius 2 is 0.786 bits per heavy atom. The summed E-state index contributed by atoms with van der Waals surface area (Å²) in [5, 5.41) is 6.48. The fraction of sp³-hybridized carbons (Fsp3) is 1.00. The molecular weight excluding hydrogens is 265 g/mol. The van der Waals surface area contributed by atoms with Gasteiger partial charge in [-0.2, -0.15) is 26.3 Å². The molecule has 0 bridgehead atoms. The van der Waals surface area contributed by atoms with E-state index in [-0.39, 0.29) is 0 Å². The predicted octanol–water partition coefficient (Wildman–Crippen LogP) is 1.97. The van der Waals surface area contributed by atoms with Gasteiger partial charge in [-0.05, 0) is 0 Å². The lowest BCUT2D eigenvalue weighted by atomic mass is 10.1. The monoisotopic (exact) mass is 266 g/mol. The van der Waals surface area contributed by atoms with Crippen molar-refractivity contribution in [3.8, 4) is 0 Å². The molecule has 14 heavy (non-hydrogen) atoms. The van der Waals surface area contributed by atoms with Crippen molar-refractivity contribution in [1.29, 1.82) is 0 Å². The van der Waals surface area contributed by atoms with Gasteiger partial charge in [0.05, 0.1) is 0 Å². The lowest BCUT2D eigenvalue weighted by Gasteiger charge is -2.35. The van der Waals surface area contributed by atoms with Gasteiger partial charge in [0.1, 0.15) is 0 Å². The molecule has 0 aromatic heterocycles. The summed E-state index contributed by atoms with van der Waals surface area (Å²) in [6, 6.07) is 0. The van der Waals surface area contributed by atoms with Crippen LogP contribution in [0.4, 0.5) is 26.3 Å². The summed E-state index contributed by atoms with van der Waals surface area (Å²) in [5.41, 5.74) is 0.